The molecule has 0 fully saturated rings. The van der Waals surface area contributed by atoms with E-state index in [1.807, 2.05) is 6.07 Å². The van der Waals surface area contributed by atoms with Crippen molar-refractivity contribution in [3.63, 3.8) is 0 Å². The quantitative estimate of drug-likeness (QED) is 0.610. The summed E-state index contributed by atoms with van der Waals surface area (Å²) in [6.45, 7) is 2.20. The Bertz CT molecular complexity index is 598. The normalized spacial score (nSPS) is 10.8. The van der Waals surface area contributed by atoms with Crippen LogP contribution in [0.15, 0.2) is 48.5 Å². The van der Waals surface area contributed by atoms with Crippen molar-refractivity contribution in [2.75, 3.05) is 34.4 Å². The van der Waals surface area contributed by atoms with E-state index in [1.54, 1.807) is 14.2 Å². The lowest BCUT2D eigenvalue weighted by Gasteiger charge is -2.17. The molecular weight excluding hydrogens is 298 g/mol. The number of hydrogen-bond donors (Lipinski definition) is 0. The summed E-state index contributed by atoms with van der Waals surface area (Å²) in [5, 5.41) is 0. The van der Waals surface area contributed by atoms with Gasteiger partial charge < -0.3 is 14.4 Å². The largest absolute Gasteiger partial charge is 0.493 e. The molecule has 0 amide bonds. The van der Waals surface area contributed by atoms with Crippen LogP contribution in [-0.4, -0.2) is 39.3 Å². The van der Waals surface area contributed by atoms with E-state index in [4.69, 9.17) is 9.47 Å². The highest BCUT2D eigenvalue weighted by molar-refractivity contribution is 5.42. The lowest BCUT2D eigenvalue weighted by molar-refractivity contribution is 0.329. The van der Waals surface area contributed by atoms with Crippen LogP contribution >= 0.6 is 0 Å². The first kappa shape index (κ1) is 18.3. The zero-order valence-corrected chi connectivity index (χ0v) is 15.1. The van der Waals surface area contributed by atoms with Gasteiger partial charge in [0.2, 0.25) is 0 Å². The maximum Gasteiger partial charge on any atom is 0.160 e. The van der Waals surface area contributed by atoms with Crippen molar-refractivity contribution in [2.45, 2.75) is 25.7 Å². The van der Waals surface area contributed by atoms with Crippen molar-refractivity contribution in [1.82, 2.24) is 4.90 Å². The monoisotopic (exact) mass is 327 g/mol. The van der Waals surface area contributed by atoms with Gasteiger partial charge in [-0.15, -0.1) is 0 Å². The van der Waals surface area contributed by atoms with Crippen molar-refractivity contribution in [3.05, 3.63) is 59.7 Å². The standard InChI is InChI=1S/C21H29NO2/c1-22(15-8-7-11-18-9-5-4-6-10-18)16-14-19-12-13-20(23-2)21(17-19)24-3/h4-6,9-10,12-13,17H,7-8,11,14-16H2,1-3H3. The molecule has 0 aliphatic rings. The predicted octanol–water partition coefficient (Wildman–Crippen LogP) is 4.20. The number of aryl methyl sites for hydroxylation is 1. The van der Waals surface area contributed by atoms with Gasteiger partial charge in [0.25, 0.3) is 0 Å². The summed E-state index contributed by atoms with van der Waals surface area (Å²) in [7, 11) is 5.55. The highest BCUT2D eigenvalue weighted by Crippen LogP contribution is 2.27. The molecule has 2 rings (SSSR count). The van der Waals surface area contributed by atoms with E-state index >= 15 is 0 Å². The number of likely N-dealkylation sites (N-methyl/N-ethyl adjacent to an activating group) is 1. The van der Waals surface area contributed by atoms with E-state index in [2.05, 4.69) is 54.4 Å². The van der Waals surface area contributed by atoms with Gasteiger partial charge >= 0.3 is 0 Å². The molecule has 0 aliphatic heterocycles. The number of benzene rings is 2. The third kappa shape index (κ3) is 5.89. The Morgan fingerprint density at radius 2 is 1.50 bits per heavy atom. The van der Waals surface area contributed by atoms with Crippen LogP contribution in [0.1, 0.15) is 24.0 Å². The highest BCUT2D eigenvalue weighted by atomic mass is 16.5. The summed E-state index contributed by atoms with van der Waals surface area (Å²) >= 11 is 0. The van der Waals surface area contributed by atoms with Gasteiger partial charge in [-0.1, -0.05) is 36.4 Å². The van der Waals surface area contributed by atoms with E-state index in [0.717, 1.165) is 31.0 Å². The van der Waals surface area contributed by atoms with Crippen LogP contribution in [0.2, 0.25) is 0 Å². The third-order valence-electron chi connectivity index (χ3n) is 4.33. The van der Waals surface area contributed by atoms with E-state index in [1.165, 1.54) is 30.4 Å². The molecule has 0 aromatic heterocycles. The molecule has 0 unspecified atom stereocenters. The molecule has 0 bridgehead atoms. The average Bonchev–Trinajstić information content (AvgIpc) is 2.64. The van der Waals surface area contributed by atoms with Gasteiger partial charge in [-0.25, -0.2) is 0 Å². The highest BCUT2D eigenvalue weighted by Gasteiger charge is 2.06. The van der Waals surface area contributed by atoms with Gasteiger partial charge in [-0.05, 0) is 62.5 Å². The summed E-state index contributed by atoms with van der Waals surface area (Å²) in [4.78, 5) is 2.40. The Hall–Kier alpha value is -2.00. The first-order valence-electron chi connectivity index (χ1n) is 8.66. The maximum atomic E-state index is 5.37. The minimum absolute atomic E-state index is 0.788. The fourth-order valence-electron chi connectivity index (χ4n) is 2.82. The predicted molar refractivity (Wildman–Crippen MR) is 100 cm³/mol. The Kier molecular flexibility index (Phi) is 7.63. The molecule has 2 aromatic rings. The van der Waals surface area contributed by atoms with E-state index in [-0.39, 0.29) is 0 Å². The van der Waals surface area contributed by atoms with Gasteiger partial charge in [0.05, 0.1) is 14.2 Å². The summed E-state index contributed by atoms with van der Waals surface area (Å²) in [5.41, 5.74) is 2.72. The summed E-state index contributed by atoms with van der Waals surface area (Å²) in [5.74, 6) is 1.59. The molecule has 0 atom stereocenters. The van der Waals surface area contributed by atoms with Crippen LogP contribution in [0, 0.1) is 0 Å². The van der Waals surface area contributed by atoms with Crippen molar-refractivity contribution in [3.8, 4) is 11.5 Å². The summed E-state index contributed by atoms with van der Waals surface area (Å²) in [6, 6.07) is 16.9. The fraction of sp³-hybridized carbons (Fsp3) is 0.429. The minimum Gasteiger partial charge on any atom is -0.493 e. The lowest BCUT2D eigenvalue weighted by Crippen LogP contribution is -2.22. The summed E-state index contributed by atoms with van der Waals surface area (Å²) < 4.78 is 10.6. The van der Waals surface area contributed by atoms with Crippen LogP contribution in [0.5, 0.6) is 11.5 Å². The molecule has 0 spiro atoms. The Morgan fingerprint density at radius 1 is 0.750 bits per heavy atom. The molecule has 130 valence electrons. The number of rotatable bonds is 10. The molecule has 3 heteroatoms. The maximum absolute atomic E-state index is 5.37. The van der Waals surface area contributed by atoms with Gasteiger partial charge in [0.1, 0.15) is 0 Å². The second-order valence-electron chi connectivity index (χ2n) is 6.19. The molecule has 0 saturated heterocycles. The van der Waals surface area contributed by atoms with Crippen LogP contribution in [0.25, 0.3) is 0 Å². The summed E-state index contributed by atoms with van der Waals surface area (Å²) in [6.07, 6.45) is 4.67. The van der Waals surface area contributed by atoms with Gasteiger partial charge in [-0.2, -0.15) is 0 Å². The smallest absolute Gasteiger partial charge is 0.160 e. The first-order chi connectivity index (χ1) is 11.7. The topological polar surface area (TPSA) is 21.7 Å². The van der Waals surface area contributed by atoms with Crippen molar-refractivity contribution >= 4 is 0 Å². The first-order valence-corrected chi connectivity index (χ1v) is 8.66. The number of unbranched alkanes of at least 4 members (excludes halogenated alkanes) is 1. The van der Waals surface area contributed by atoms with Crippen molar-refractivity contribution in [1.29, 1.82) is 0 Å². The van der Waals surface area contributed by atoms with Crippen LogP contribution in [-0.2, 0) is 12.8 Å². The zero-order valence-electron chi connectivity index (χ0n) is 15.1. The lowest BCUT2D eigenvalue weighted by atomic mass is 10.1. The van der Waals surface area contributed by atoms with E-state index < -0.39 is 0 Å². The number of nitrogens with zero attached hydrogens (tertiary/aromatic N) is 1. The molecule has 0 saturated carbocycles. The Balaban J connectivity index is 1.68. The Labute approximate surface area is 146 Å². The molecule has 24 heavy (non-hydrogen) atoms. The molecule has 0 N–H and O–H groups in total. The Morgan fingerprint density at radius 3 is 2.21 bits per heavy atom. The molecular formula is C21H29NO2. The van der Waals surface area contributed by atoms with E-state index in [9.17, 15) is 0 Å². The van der Waals surface area contributed by atoms with Gasteiger partial charge in [-0.3, -0.25) is 0 Å². The average molecular weight is 327 g/mol. The van der Waals surface area contributed by atoms with E-state index in [0.29, 0.717) is 0 Å². The number of methoxy groups -OCH3 is 2. The molecule has 0 radical (unpaired) electrons. The van der Waals surface area contributed by atoms with Crippen LogP contribution in [0.3, 0.4) is 0 Å². The molecule has 0 heterocycles. The van der Waals surface area contributed by atoms with Crippen LogP contribution in [0.4, 0.5) is 0 Å². The van der Waals surface area contributed by atoms with Crippen molar-refractivity contribution < 1.29 is 9.47 Å². The molecule has 2 aromatic carbocycles. The third-order valence-corrected chi connectivity index (χ3v) is 4.33. The molecule has 3 nitrogen and oxygen atoms in total. The SMILES string of the molecule is COc1ccc(CCN(C)CCCCc2ccccc2)cc1OC. The molecule has 0 aliphatic carbocycles. The van der Waals surface area contributed by atoms with Gasteiger partial charge in [0.15, 0.2) is 11.5 Å². The zero-order chi connectivity index (χ0) is 17.2. The van der Waals surface area contributed by atoms with Gasteiger partial charge in [0, 0.05) is 6.54 Å². The number of hydrogen-bond acceptors (Lipinski definition) is 3. The fourth-order valence-corrected chi connectivity index (χ4v) is 2.82. The number of ether oxygens (including phenoxy) is 2. The second-order valence-corrected chi connectivity index (χ2v) is 6.19. The minimum atomic E-state index is 0.788. The van der Waals surface area contributed by atoms with Crippen LogP contribution < -0.4 is 9.47 Å². The van der Waals surface area contributed by atoms with Crippen molar-refractivity contribution in [2.24, 2.45) is 0 Å². The second kappa shape index (κ2) is 9.99.